The highest BCUT2D eigenvalue weighted by molar-refractivity contribution is 8.12. The number of carbonyl (C=O) groups excluding carboxylic acids is 1. The number of thioether (sulfide) groups is 1. The lowest BCUT2D eigenvalue weighted by atomic mass is 9.56. The lowest BCUT2D eigenvalue weighted by molar-refractivity contribution is -0.0993. The smallest absolute Gasteiger partial charge is 0.367 e. The van der Waals surface area contributed by atoms with Crippen molar-refractivity contribution in [2.24, 2.45) is 29.1 Å². The average Bonchev–Trinajstić information content (AvgIpc) is 2.64. The third kappa shape index (κ3) is 2.12. The maximum atomic E-state index is 11.8. The largest absolute Gasteiger partial charge is 0.451 e. The summed E-state index contributed by atoms with van der Waals surface area (Å²) in [6.07, 6.45) is 9.57. The van der Waals surface area contributed by atoms with Gasteiger partial charge in [0.25, 0.3) is 0 Å². The molecule has 0 heterocycles. The molecule has 114 valence electrons. The van der Waals surface area contributed by atoms with E-state index in [1.54, 1.807) is 0 Å². The Morgan fingerprint density at radius 2 is 2.05 bits per heavy atom. The highest BCUT2D eigenvalue weighted by Crippen LogP contribution is 2.64. The van der Waals surface area contributed by atoms with Gasteiger partial charge in [-0.05, 0) is 87.1 Å². The summed E-state index contributed by atoms with van der Waals surface area (Å²) in [4.78, 5) is 11.8. The first kappa shape index (κ1) is 14.7. The van der Waals surface area contributed by atoms with Crippen LogP contribution in [0, 0.1) is 29.1 Å². The number of rotatable bonds is 3. The van der Waals surface area contributed by atoms with E-state index < -0.39 is 0 Å². The zero-order chi connectivity index (χ0) is 14.5. The zero-order valence-corrected chi connectivity index (χ0v) is 14.1. The van der Waals surface area contributed by atoms with Gasteiger partial charge in [-0.1, -0.05) is 13.8 Å². The van der Waals surface area contributed by atoms with E-state index in [9.17, 15) is 4.79 Å². The molecule has 0 aromatic carbocycles. The molecule has 0 spiro atoms. The summed E-state index contributed by atoms with van der Waals surface area (Å²) in [6.45, 7) is 6.74. The number of fused-ring (bicyclic) bond motifs is 1. The van der Waals surface area contributed by atoms with Crippen molar-refractivity contribution >= 4 is 17.1 Å². The fourth-order valence-electron chi connectivity index (χ4n) is 5.47. The van der Waals surface area contributed by atoms with Crippen LogP contribution in [0.4, 0.5) is 4.79 Å². The minimum atomic E-state index is -0.303. The summed E-state index contributed by atoms with van der Waals surface area (Å²) in [5.41, 5.74) is -0.148. The van der Waals surface area contributed by atoms with Gasteiger partial charge in [0.2, 0.25) is 0 Å². The average molecular weight is 296 g/mol. The van der Waals surface area contributed by atoms with Crippen LogP contribution >= 0.6 is 11.8 Å². The Balaban J connectivity index is 1.83. The summed E-state index contributed by atoms with van der Waals surface area (Å²) in [5, 5.41) is -0.114. The van der Waals surface area contributed by atoms with Gasteiger partial charge < -0.3 is 4.74 Å². The molecule has 3 heteroatoms. The zero-order valence-electron chi connectivity index (χ0n) is 13.3. The van der Waals surface area contributed by atoms with Crippen LogP contribution in [-0.4, -0.2) is 17.2 Å². The predicted molar refractivity (Wildman–Crippen MR) is 83.8 cm³/mol. The standard InChI is InChI=1S/C17H28O2S/c1-5-17(3,19-15(18)20-4)16(2)9-11-6-12-8-13(10-16)14(12)7-11/h11-14H,5-10H2,1-4H3. The first-order valence-corrected chi connectivity index (χ1v) is 9.40. The minimum Gasteiger partial charge on any atom is -0.451 e. The van der Waals surface area contributed by atoms with E-state index in [2.05, 4.69) is 20.8 Å². The number of hydrogen-bond donors (Lipinski definition) is 0. The Morgan fingerprint density at radius 3 is 2.70 bits per heavy atom. The van der Waals surface area contributed by atoms with Gasteiger partial charge in [-0.25, -0.2) is 4.79 Å². The van der Waals surface area contributed by atoms with Gasteiger partial charge in [0, 0.05) is 5.41 Å². The fourth-order valence-corrected chi connectivity index (χ4v) is 5.74. The van der Waals surface area contributed by atoms with Gasteiger partial charge in [0.1, 0.15) is 5.60 Å². The van der Waals surface area contributed by atoms with Crippen molar-refractivity contribution < 1.29 is 9.53 Å². The van der Waals surface area contributed by atoms with Crippen LogP contribution in [-0.2, 0) is 4.74 Å². The summed E-state index contributed by atoms with van der Waals surface area (Å²) < 4.78 is 5.93. The Morgan fingerprint density at radius 1 is 1.30 bits per heavy atom. The molecule has 0 N–H and O–H groups in total. The van der Waals surface area contributed by atoms with E-state index in [1.807, 2.05) is 6.26 Å². The van der Waals surface area contributed by atoms with Crippen molar-refractivity contribution in [3.8, 4) is 0 Å². The van der Waals surface area contributed by atoms with Gasteiger partial charge in [0.05, 0.1) is 0 Å². The van der Waals surface area contributed by atoms with Crippen LogP contribution in [0.25, 0.3) is 0 Å². The second-order valence-electron chi connectivity index (χ2n) is 7.87. The lowest BCUT2D eigenvalue weighted by Gasteiger charge is -2.52. The number of hydrogen-bond acceptors (Lipinski definition) is 3. The molecule has 0 radical (unpaired) electrons. The van der Waals surface area contributed by atoms with Crippen LogP contribution in [0.5, 0.6) is 0 Å². The Hall–Kier alpha value is -0.180. The quantitative estimate of drug-likeness (QED) is 0.676. The van der Waals surface area contributed by atoms with Crippen LogP contribution in [0.3, 0.4) is 0 Å². The fraction of sp³-hybridized carbons (Fsp3) is 0.941. The normalized spacial score (nSPS) is 45.2. The summed E-state index contributed by atoms with van der Waals surface area (Å²) in [5.74, 6) is 3.81. The van der Waals surface area contributed by atoms with Gasteiger partial charge >= 0.3 is 5.30 Å². The Kier molecular flexibility index (Phi) is 3.63. The summed E-state index contributed by atoms with van der Waals surface area (Å²) >= 11 is 1.20. The van der Waals surface area contributed by atoms with Crippen LogP contribution in [0.15, 0.2) is 0 Å². The van der Waals surface area contributed by atoms with Crippen LogP contribution < -0.4 is 0 Å². The maximum absolute atomic E-state index is 11.8. The molecule has 0 aromatic heterocycles. The topological polar surface area (TPSA) is 26.3 Å². The molecule has 0 amide bonds. The van der Waals surface area contributed by atoms with Crippen molar-refractivity contribution in [3.05, 3.63) is 0 Å². The molecule has 3 saturated carbocycles. The van der Waals surface area contributed by atoms with E-state index in [-0.39, 0.29) is 16.3 Å². The van der Waals surface area contributed by atoms with Crippen LogP contribution in [0.1, 0.15) is 59.3 Å². The highest BCUT2D eigenvalue weighted by Gasteiger charge is 2.58. The molecular formula is C17H28O2S. The van der Waals surface area contributed by atoms with Crippen molar-refractivity contribution in [1.82, 2.24) is 0 Å². The lowest BCUT2D eigenvalue weighted by Crippen LogP contribution is -2.50. The van der Waals surface area contributed by atoms with E-state index in [0.29, 0.717) is 0 Å². The van der Waals surface area contributed by atoms with E-state index in [4.69, 9.17) is 4.74 Å². The van der Waals surface area contributed by atoms with Gasteiger partial charge in [-0.2, -0.15) is 0 Å². The van der Waals surface area contributed by atoms with Crippen molar-refractivity contribution in [2.75, 3.05) is 6.26 Å². The molecule has 20 heavy (non-hydrogen) atoms. The van der Waals surface area contributed by atoms with Crippen molar-refractivity contribution in [1.29, 1.82) is 0 Å². The van der Waals surface area contributed by atoms with Gasteiger partial charge in [0.15, 0.2) is 0 Å². The molecule has 3 rings (SSSR count). The van der Waals surface area contributed by atoms with E-state index >= 15 is 0 Å². The predicted octanol–water partition coefficient (Wildman–Crippen LogP) is 5.12. The first-order chi connectivity index (χ1) is 9.40. The number of ether oxygens (including phenoxy) is 1. The summed E-state index contributed by atoms with van der Waals surface area (Å²) in [7, 11) is 0. The monoisotopic (exact) mass is 296 g/mol. The molecule has 0 aliphatic heterocycles. The third-order valence-corrected chi connectivity index (χ3v) is 7.35. The van der Waals surface area contributed by atoms with Crippen molar-refractivity contribution in [2.45, 2.75) is 64.9 Å². The second-order valence-corrected chi connectivity index (χ2v) is 8.61. The molecule has 6 unspecified atom stereocenters. The minimum absolute atomic E-state index is 0.114. The SMILES string of the molecule is CCC(C)(OC(=O)SC)C1(C)CC2CC3CC(C1)C3C2. The Labute approximate surface area is 127 Å². The molecule has 2 bridgehead atoms. The molecule has 3 fully saturated rings. The van der Waals surface area contributed by atoms with Crippen molar-refractivity contribution in [3.63, 3.8) is 0 Å². The Bertz CT molecular complexity index is 404. The van der Waals surface area contributed by atoms with Crippen LogP contribution in [0.2, 0.25) is 0 Å². The summed E-state index contributed by atoms with van der Waals surface area (Å²) in [6, 6.07) is 0. The van der Waals surface area contributed by atoms with Gasteiger partial charge in [-0.3, -0.25) is 0 Å². The molecule has 3 aliphatic rings. The number of carbonyl (C=O) groups is 1. The maximum Gasteiger partial charge on any atom is 0.367 e. The second kappa shape index (κ2) is 4.93. The molecule has 0 aromatic rings. The molecule has 0 saturated heterocycles. The molecular weight excluding hydrogens is 268 g/mol. The molecule has 2 nitrogen and oxygen atoms in total. The molecule has 3 aliphatic carbocycles. The highest BCUT2D eigenvalue weighted by atomic mass is 32.2. The van der Waals surface area contributed by atoms with E-state index in [0.717, 1.165) is 30.1 Å². The third-order valence-electron chi connectivity index (χ3n) is 6.94. The van der Waals surface area contributed by atoms with Gasteiger partial charge in [-0.15, -0.1) is 0 Å². The van der Waals surface area contributed by atoms with E-state index in [1.165, 1.54) is 43.9 Å². The molecule has 6 atom stereocenters. The first-order valence-electron chi connectivity index (χ1n) is 8.18.